The highest BCUT2D eigenvalue weighted by Crippen LogP contribution is 2.41. The molecule has 180 valence electrons. The molecule has 0 saturated heterocycles. The molecule has 0 saturated carbocycles. The summed E-state index contributed by atoms with van der Waals surface area (Å²) in [6.07, 6.45) is 3.34. The van der Waals surface area contributed by atoms with Gasteiger partial charge in [-0.25, -0.2) is 4.79 Å². The van der Waals surface area contributed by atoms with Crippen molar-refractivity contribution in [2.45, 2.75) is 51.9 Å². The van der Waals surface area contributed by atoms with Crippen LogP contribution < -0.4 is 10.1 Å². The highest BCUT2D eigenvalue weighted by atomic mass is 16.5. The summed E-state index contributed by atoms with van der Waals surface area (Å²) in [7, 11) is 1.65. The van der Waals surface area contributed by atoms with Crippen LogP contribution in [0.2, 0.25) is 0 Å². The SMILES string of the molecule is CCCCOC(=O)C1=C(C)NC2=C(C1)C(=O)CC(c1ccccc1OC)C2.Oc1ccccc1. The molecule has 6 nitrogen and oxygen atoms in total. The number of hydrogen-bond donors (Lipinski definition) is 2. The van der Waals surface area contributed by atoms with E-state index in [2.05, 4.69) is 12.2 Å². The summed E-state index contributed by atoms with van der Waals surface area (Å²) < 4.78 is 10.8. The largest absolute Gasteiger partial charge is 0.508 e. The Balaban J connectivity index is 0.000000396. The molecule has 0 bridgehead atoms. The van der Waals surface area contributed by atoms with Gasteiger partial charge in [0.1, 0.15) is 11.5 Å². The number of carbonyl (C=O) groups excluding carboxylic acids is 2. The van der Waals surface area contributed by atoms with Crippen LogP contribution in [0.25, 0.3) is 0 Å². The highest BCUT2D eigenvalue weighted by molar-refractivity contribution is 6.01. The molecule has 1 aliphatic heterocycles. The molecule has 1 aliphatic carbocycles. The molecule has 1 atom stereocenters. The number of methoxy groups -OCH3 is 1. The quantitative estimate of drug-likeness (QED) is 0.441. The van der Waals surface area contributed by atoms with Crippen molar-refractivity contribution in [1.29, 1.82) is 0 Å². The van der Waals surface area contributed by atoms with Crippen LogP contribution >= 0.6 is 0 Å². The Morgan fingerprint density at radius 2 is 1.79 bits per heavy atom. The molecule has 6 heteroatoms. The van der Waals surface area contributed by atoms with Crippen molar-refractivity contribution in [3.8, 4) is 11.5 Å². The van der Waals surface area contributed by atoms with E-state index in [-0.39, 0.29) is 17.7 Å². The van der Waals surface area contributed by atoms with E-state index in [0.29, 0.717) is 36.3 Å². The maximum Gasteiger partial charge on any atom is 0.336 e. The van der Waals surface area contributed by atoms with Crippen LogP contribution in [0.1, 0.15) is 57.4 Å². The first kappa shape index (κ1) is 25.1. The minimum atomic E-state index is -0.320. The van der Waals surface area contributed by atoms with Gasteiger partial charge in [0.15, 0.2) is 5.78 Å². The Bertz CT molecular complexity index is 1070. The third kappa shape index (κ3) is 6.28. The number of unbranched alkanes of at least 4 members (excludes halogenated alkanes) is 1. The average molecular weight is 464 g/mol. The first-order valence-electron chi connectivity index (χ1n) is 11.7. The van der Waals surface area contributed by atoms with Gasteiger partial charge >= 0.3 is 5.97 Å². The maximum absolute atomic E-state index is 12.8. The molecule has 0 amide bonds. The average Bonchev–Trinajstić information content (AvgIpc) is 2.84. The second-order valence-corrected chi connectivity index (χ2v) is 8.46. The van der Waals surface area contributed by atoms with Crippen LogP contribution in [-0.2, 0) is 14.3 Å². The van der Waals surface area contributed by atoms with Gasteiger partial charge in [-0.3, -0.25) is 4.79 Å². The zero-order valence-corrected chi connectivity index (χ0v) is 20.1. The summed E-state index contributed by atoms with van der Waals surface area (Å²) in [5.74, 6) is 0.974. The topological polar surface area (TPSA) is 84.9 Å². The molecular weight excluding hydrogens is 430 g/mol. The van der Waals surface area contributed by atoms with Gasteiger partial charge < -0.3 is 19.9 Å². The molecule has 0 spiro atoms. The number of phenols is 1. The van der Waals surface area contributed by atoms with Crippen molar-refractivity contribution in [3.63, 3.8) is 0 Å². The van der Waals surface area contributed by atoms with Crippen LogP contribution in [0.15, 0.2) is 77.1 Å². The lowest BCUT2D eigenvalue weighted by atomic mass is 9.78. The normalized spacial score (nSPS) is 17.3. The number of aromatic hydroxyl groups is 1. The number of benzene rings is 2. The van der Waals surface area contributed by atoms with E-state index in [4.69, 9.17) is 14.6 Å². The van der Waals surface area contributed by atoms with Crippen LogP contribution in [0.4, 0.5) is 0 Å². The first-order chi connectivity index (χ1) is 16.4. The molecular formula is C28H33NO5. The Hall–Kier alpha value is -3.54. The van der Waals surface area contributed by atoms with Crippen LogP contribution in [-0.4, -0.2) is 30.6 Å². The number of nitrogens with one attached hydrogen (secondary N) is 1. The summed E-state index contributed by atoms with van der Waals surface area (Å²) in [6, 6.07) is 16.6. The number of para-hydroxylation sites is 2. The molecule has 1 unspecified atom stereocenters. The van der Waals surface area contributed by atoms with Crippen LogP contribution in [0.5, 0.6) is 11.5 Å². The fourth-order valence-corrected chi connectivity index (χ4v) is 4.17. The lowest BCUT2D eigenvalue weighted by Crippen LogP contribution is -2.31. The molecule has 34 heavy (non-hydrogen) atoms. The van der Waals surface area contributed by atoms with Crippen molar-refractivity contribution in [2.24, 2.45) is 0 Å². The summed E-state index contributed by atoms with van der Waals surface area (Å²) in [5, 5.41) is 11.9. The van der Waals surface area contributed by atoms with E-state index in [1.54, 1.807) is 31.4 Å². The van der Waals surface area contributed by atoms with Gasteiger partial charge in [0.05, 0.1) is 19.3 Å². The predicted octanol–water partition coefficient (Wildman–Crippen LogP) is 5.40. The lowest BCUT2D eigenvalue weighted by Gasteiger charge is -2.32. The molecule has 0 fully saturated rings. The van der Waals surface area contributed by atoms with Gasteiger partial charge in [-0.1, -0.05) is 49.7 Å². The Morgan fingerprint density at radius 1 is 1.09 bits per heavy atom. The van der Waals surface area contributed by atoms with Gasteiger partial charge in [-0.2, -0.15) is 0 Å². The van der Waals surface area contributed by atoms with Crippen molar-refractivity contribution in [1.82, 2.24) is 5.32 Å². The summed E-state index contributed by atoms with van der Waals surface area (Å²) in [5.41, 5.74) is 4.03. The van der Waals surface area contributed by atoms with Gasteiger partial charge in [-0.15, -0.1) is 0 Å². The van der Waals surface area contributed by atoms with E-state index in [1.165, 1.54) is 0 Å². The number of carbonyl (C=O) groups is 2. The Kier molecular flexibility index (Phi) is 8.91. The molecule has 2 aromatic carbocycles. The molecule has 2 aliphatic rings. The lowest BCUT2D eigenvalue weighted by molar-refractivity contribution is -0.139. The van der Waals surface area contributed by atoms with Crippen molar-refractivity contribution in [2.75, 3.05) is 13.7 Å². The number of hydrogen-bond acceptors (Lipinski definition) is 6. The fourth-order valence-electron chi connectivity index (χ4n) is 4.17. The minimum Gasteiger partial charge on any atom is -0.508 e. The summed E-state index contributed by atoms with van der Waals surface area (Å²) in [4.78, 5) is 25.2. The van der Waals surface area contributed by atoms with Crippen molar-refractivity contribution >= 4 is 11.8 Å². The molecule has 2 aromatic rings. The minimum absolute atomic E-state index is 0.0748. The second-order valence-electron chi connectivity index (χ2n) is 8.46. The van der Waals surface area contributed by atoms with Gasteiger partial charge in [0.2, 0.25) is 0 Å². The van der Waals surface area contributed by atoms with Gasteiger partial charge in [-0.05, 0) is 43.5 Å². The molecule has 2 N–H and O–H groups in total. The zero-order valence-electron chi connectivity index (χ0n) is 20.1. The molecule has 0 radical (unpaired) electrons. The zero-order chi connectivity index (χ0) is 24.5. The Morgan fingerprint density at radius 3 is 2.44 bits per heavy atom. The summed E-state index contributed by atoms with van der Waals surface area (Å²) in [6.45, 7) is 4.34. The molecule has 4 rings (SSSR count). The number of Topliss-reactive ketones (excluding diaryl/α,β-unsaturated/α-hetero) is 1. The smallest absolute Gasteiger partial charge is 0.336 e. The van der Waals surface area contributed by atoms with E-state index < -0.39 is 0 Å². The number of allylic oxidation sites excluding steroid dienone is 3. The third-order valence-electron chi connectivity index (χ3n) is 6.04. The number of rotatable bonds is 6. The third-order valence-corrected chi connectivity index (χ3v) is 6.04. The summed E-state index contributed by atoms with van der Waals surface area (Å²) >= 11 is 0. The standard InChI is InChI=1S/C22H27NO4.C6H6O/c1-4-5-10-27-22(25)17-13-18-19(23-14(17)2)11-15(12-20(18)24)16-8-6-7-9-21(16)26-3;7-6-4-2-1-3-5-6/h6-9,15,23H,4-5,10-13H2,1-3H3;1-5,7H. The number of ketones is 1. The monoisotopic (exact) mass is 463 g/mol. The Labute approximate surface area is 201 Å². The van der Waals surface area contributed by atoms with E-state index in [9.17, 15) is 9.59 Å². The second kappa shape index (κ2) is 12.1. The van der Waals surface area contributed by atoms with E-state index in [1.807, 2.05) is 37.3 Å². The van der Waals surface area contributed by atoms with Crippen LogP contribution in [0.3, 0.4) is 0 Å². The number of phenolic OH excluding ortho intramolecular Hbond substituents is 1. The fraction of sp³-hybridized carbons (Fsp3) is 0.357. The first-order valence-corrected chi connectivity index (χ1v) is 11.7. The highest BCUT2D eigenvalue weighted by Gasteiger charge is 2.34. The van der Waals surface area contributed by atoms with Crippen molar-refractivity contribution < 1.29 is 24.2 Å². The number of ether oxygens (including phenoxy) is 2. The predicted molar refractivity (Wildman–Crippen MR) is 131 cm³/mol. The van der Waals surface area contributed by atoms with Gasteiger partial charge in [0.25, 0.3) is 0 Å². The van der Waals surface area contributed by atoms with Crippen LogP contribution in [0, 0.1) is 0 Å². The van der Waals surface area contributed by atoms with E-state index >= 15 is 0 Å². The number of esters is 1. The number of dihydropyridines is 1. The van der Waals surface area contributed by atoms with E-state index in [0.717, 1.165) is 42.0 Å². The van der Waals surface area contributed by atoms with Crippen molar-refractivity contribution in [3.05, 3.63) is 82.7 Å². The maximum atomic E-state index is 12.8. The molecule has 0 aromatic heterocycles. The molecule has 1 heterocycles. The van der Waals surface area contributed by atoms with Gasteiger partial charge in [0, 0.05) is 35.7 Å².